The number of hydrogen-bond donors (Lipinski definition) is 0. The second-order valence-corrected chi connectivity index (χ2v) is 12.3. The number of anilines is 3. The average molecular weight is 718 g/mol. The Bertz CT molecular complexity index is 2160. The summed E-state index contributed by atoms with van der Waals surface area (Å²) in [6.45, 7) is 6.38. The van der Waals surface area contributed by atoms with Gasteiger partial charge in [0.25, 0.3) is 0 Å². The van der Waals surface area contributed by atoms with E-state index in [1.165, 1.54) is 0 Å². The number of sulfonamides is 1. The molecule has 1 heterocycles. The minimum Gasteiger partial charge on any atom is -0.572 e. The van der Waals surface area contributed by atoms with Crippen LogP contribution in [0, 0.1) is 13.6 Å². The number of aliphatic carboxylic acids is 1. The predicted molar refractivity (Wildman–Crippen MR) is 179 cm³/mol. The number of rotatable bonds is 5. The SMILES string of the molecule is CC(=O)[O-].Cc1ccc(S(=O)(=O)[N-]c2ccc3ccccc3c2-c2c(N3[C]N(C)c4ccccc43)ccc3ccccc23)cc1.[Pd+2]. The number of nitrogens with zero attached hydrogens (tertiary/aromatic N) is 3. The molecule has 6 aromatic carbocycles. The molecule has 46 heavy (non-hydrogen) atoms. The molecule has 1 aliphatic rings. The zero-order valence-electron chi connectivity index (χ0n) is 25.2. The number of carbonyl (C=O) groups is 1. The first-order valence-electron chi connectivity index (χ1n) is 14.3. The zero-order chi connectivity index (χ0) is 31.7. The third kappa shape index (κ3) is 6.36. The topological polar surface area (TPSA) is 94.8 Å². The minimum absolute atomic E-state index is 0. The molecular weight excluding hydrogens is 689 g/mol. The normalized spacial score (nSPS) is 12.2. The van der Waals surface area contributed by atoms with Gasteiger partial charge in [0.2, 0.25) is 6.67 Å². The molecule has 1 aliphatic heterocycles. The van der Waals surface area contributed by atoms with E-state index in [1.54, 1.807) is 24.3 Å². The van der Waals surface area contributed by atoms with Gasteiger partial charge in [0, 0.05) is 18.6 Å². The third-order valence-corrected chi connectivity index (χ3v) is 8.88. The van der Waals surface area contributed by atoms with Crippen molar-refractivity contribution < 1.29 is 38.7 Å². The van der Waals surface area contributed by atoms with Crippen LogP contribution in [0.3, 0.4) is 0 Å². The van der Waals surface area contributed by atoms with E-state index < -0.39 is 16.0 Å². The molecule has 7 rings (SSSR count). The molecule has 0 atom stereocenters. The summed E-state index contributed by atoms with van der Waals surface area (Å²) in [6, 6.07) is 39.1. The fraction of sp³-hybridized carbons (Fsp3) is 0.0811. The number of carboxylic acids is 1. The number of para-hydroxylation sites is 2. The summed E-state index contributed by atoms with van der Waals surface area (Å²) in [5, 5.41) is 12.9. The molecule has 0 N–H and O–H groups in total. The molecule has 0 aliphatic carbocycles. The molecule has 9 heteroatoms. The van der Waals surface area contributed by atoms with Crippen LogP contribution in [0.1, 0.15) is 12.5 Å². The summed E-state index contributed by atoms with van der Waals surface area (Å²) in [5.41, 5.74) is 5.96. The van der Waals surface area contributed by atoms with Crippen LogP contribution in [0.4, 0.5) is 22.7 Å². The second-order valence-electron chi connectivity index (χ2n) is 10.7. The van der Waals surface area contributed by atoms with Gasteiger partial charge in [-0.05, 0) is 71.3 Å². The van der Waals surface area contributed by atoms with E-state index in [-0.39, 0.29) is 25.3 Å². The van der Waals surface area contributed by atoms with Crippen LogP contribution in [0.15, 0.2) is 126 Å². The number of fused-ring (bicyclic) bond motifs is 3. The Labute approximate surface area is 282 Å². The monoisotopic (exact) mass is 717 g/mol. The van der Waals surface area contributed by atoms with Gasteiger partial charge >= 0.3 is 20.4 Å². The van der Waals surface area contributed by atoms with Gasteiger partial charge in [0.05, 0.1) is 22.0 Å². The van der Waals surface area contributed by atoms with E-state index in [2.05, 4.69) is 52.7 Å². The van der Waals surface area contributed by atoms with E-state index >= 15 is 0 Å². The number of carboxylic acid groups (broad SMARTS) is 1. The van der Waals surface area contributed by atoms with Crippen molar-refractivity contribution in [3.05, 3.63) is 138 Å². The summed E-state index contributed by atoms with van der Waals surface area (Å²) < 4.78 is 31.8. The molecule has 0 fully saturated rings. The Hall–Kier alpha value is -4.68. The van der Waals surface area contributed by atoms with Crippen LogP contribution in [-0.2, 0) is 35.2 Å². The van der Waals surface area contributed by atoms with Crippen molar-refractivity contribution in [1.29, 1.82) is 0 Å². The van der Waals surface area contributed by atoms with Crippen LogP contribution < -0.4 is 14.9 Å². The maximum atomic E-state index is 13.6. The fourth-order valence-electron chi connectivity index (χ4n) is 5.58. The summed E-state index contributed by atoms with van der Waals surface area (Å²) in [5.74, 6) is -1.08. The Balaban J connectivity index is 0.000000789. The molecule has 0 amide bonds. The molecule has 7 nitrogen and oxygen atoms in total. The second kappa shape index (κ2) is 13.4. The molecule has 2 radical (unpaired) electrons. The molecule has 232 valence electrons. The molecular formula is C37H29N3O4PdS. The van der Waals surface area contributed by atoms with Gasteiger partial charge in [-0.25, -0.2) is 8.42 Å². The largest absolute Gasteiger partial charge is 2.00 e. The quantitative estimate of drug-likeness (QED) is 0.170. The molecule has 0 saturated carbocycles. The van der Waals surface area contributed by atoms with Crippen LogP contribution in [0.25, 0.3) is 37.4 Å². The summed E-state index contributed by atoms with van der Waals surface area (Å²) >= 11 is 0. The smallest absolute Gasteiger partial charge is 0.572 e. The Morgan fingerprint density at radius 3 is 1.85 bits per heavy atom. The van der Waals surface area contributed by atoms with Gasteiger partial charge in [-0.1, -0.05) is 96.6 Å². The summed E-state index contributed by atoms with van der Waals surface area (Å²) in [7, 11) is -2.01. The van der Waals surface area contributed by atoms with Crippen LogP contribution in [-0.4, -0.2) is 21.4 Å². The standard InChI is InChI=1S/C35H26N3O2S.C2H4O2.Pd/c1-24-15-19-27(20-16-24)41(39,40)36-30-21-17-25-9-3-5-11-28(25)34(30)35-29-12-6-4-10-26(29)18-22-33(35)38-23-37(2)31-13-7-8-14-32(31)38;1-2(3)4;/h3-22H,1-2H3;1H3,(H,3,4);/q-1;;+2/p-1. The van der Waals surface area contributed by atoms with Crippen molar-refractivity contribution in [2.75, 3.05) is 16.8 Å². The maximum absolute atomic E-state index is 13.6. The first kappa shape index (κ1) is 32.7. The molecule has 0 aromatic heterocycles. The first-order chi connectivity index (χ1) is 21.6. The number of benzene rings is 6. The fourth-order valence-corrected chi connectivity index (χ4v) is 6.58. The predicted octanol–water partition coefficient (Wildman–Crippen LogP) is 7.70. The minimum atomic E-state index is -3.98. The van der Waals surface area contributed by atoms with Gasteiger partial charge in [0.15, 0.2) is 0 Å². The molecule has 0 bridgehead atoms. The molecule has 6 aromatic rings. The van der Waals surface area contributed by atoms with E-state index in [0.717, 1.165) is 62.2 Å². The Morgan fingerprint density at radius 1 is 0.696 bits per heavy atom. The van der Waals surface area contributed by atoms with Crippen molar-refractivity contribution in [2.45, 2.75) is 18.7 Å². The third-order valence-electron chi connectivity index (χ3n) is 7.58. The van der Waals surface area contributed by atoms with Crippen molar-refractivity contribution in [1.82, 2.24) is 0 Å². The van der Waals surface area contributed by atoms with Crippen molar-refractivity contribution in [3.63, 3.8) is 0 Å². The van der Waals surface area contributed by atoms with Gasteiger partial charge in [-0.15, -0.1) is 5.69 Å². The molecule has 0 saturated heterocycles. The van der Waals surface area contributed by atoms with Crippen molar-refractivity contribution in [2.24, 2.45) is 0 Å². The van der Waals surface area contributed by atoms with E-state index in [4.69, 9.17) is 9.90 Å². The van der Waals surface area contributed by atoms with E-state index in [9.17, 15) is 8.42 Å². The first-order valence-corrected chi connectivity index (χ1v) is 15.7. The van der Waals surface area contributed by atoms with E-state index in [0.29, 0.717) is 5.69 Å². The molecule has 0 unspecified atom stereocenters. The number of carbonyl (C=O) groups excluding carboxylic acids is 1. The summed E-state index contributed by atoms with van der Waals surface area (Å²) in [6.07, 6.45) is 0. The van der Waals surface area contributed by atoms with E-state index in [1.807, 2.05) is 79.5 Å². The maximum Gasteiger partial charge on any atom is 2.00 e. The van der Waals surface area contributed by atoms with Crippen LogP contribution >= 0.6 is 0 Å². The Morgan fingerprint density at radius 2 is 1.22 bits per heavy atom. The summed E-state index contributed by atoms with van der Waals surface area (Å²) in [4.78, 5) is 13.1. The number of aryl methyl sites for hydroxylation is 1. The van der Waals surface area contributed by atoms with Gasteiger partial charge < -0.3 is 24.4 Å². The zero-order valence-corrected chi connectivity index (χ0v) is 27.6. The van der Waals surface area contributed by atoms with Crippen molar-refractivity contribution >= 4 is 60.3 Å². The average Bonchev–Trinajstić information content (AvgIpc) is 3.36. The molecule has 0 spiro atoms. The Kier molecular flexibility index (Phi) is 9.50. The van der Waals surface area contributed by atoms with Crippen LogP contribution in [0.5, 0.6) is 0 Å². The van der Waals surface area contributed by atoms with Gasteiger partial charge in [-0.3, -0.25) is 0 Å². The van der Waals surface area contributed by atoms with Crippen LogP contribution in [0.2, 0.25) is 0 Å². The van der Waals surface area contributed by atoms with Crippen molar-refractivity contribution in [3.8, 4) is 11.1 Å². The van der Waals surface area contributed by atoms with Gasteiger partial charge in [-0.2, -0.15) is 0 Å². The van der Waals surface area contributed by atoms with Gasteiger partial charge in [0.1, 0.15) is 10.0 Å². The number of hydrogen-bond acceptors (Lipinski definition) is 6.